The summed E-state index contributed by atoms with van der Waals surface area (Å²) < 4.78 is 15.5. The third kappa shape index (κ3) is 2.59. The quantitative estimate of drug-likeness (QED) is 0.844. The smallest absolute Gasteiger partial charge is 0.164 e. The first-order chi connectivity index (χ1) is 7.67. The van der Waals surface area contributed by atoms with Crippen LogP contribution in [-0.4, -0.2) is 31.8 Å². The van der Waals surface area contributed by atoms with Crippen LogP contribution < -0.4 is 14.2 Å². The Morgan fingerprint density at radius 2 is 1.56 bits per heavy atom. The molecule has 1 atom stereocenters. The van der Waals surface area contributed by atoms with E-state index in [1.807, 2.05) is 0 Å². The van der Waals surface area contributed by atoms with Gasteiger partial charge in [0.25, 0.3) is 0 Å². The highest BCUT2D eigenvalue weighted by atomic mass is 79.9. The highest BCUT2D eigenvalue weighted by Gasteiger charge is 2.17. The molecule has 1 unspecified atom stereocenters. The number of benzene rings is 1. The van der Waals surface area contributed by atoms with Gasteiger partial charge in [-0.05, 0) is 6.07 Å². The van der Waals surface area contributed by atoms with E-state index in [4.69, 9.17) is 14.2 Å². The van der Waals surface area contributed by atoms with Crippen LogP contribution in [0.3, 0.4) is 0 Å². The van der Waals surface area contributed by atoms with Crippen LogP contribution >= 0.6 is 15.9 Å². The zero-order chi connectivity index (χ0) is 12.1. The van der Waals surface area contributed by atoms with Crippen LogP contribution in [0.5, 0.6) is 17.2 Å². The summed E-state index contributed by atoms with van der Waals surface area (Å²) in [4.78, 5) is 0. The van der Waals surface area contributed by atoms with Gasteiger partial charge in [0, 0.05) is 17.0 Å². The summed E-state index contributed by atoms with van der Waals surface area (Å²) in [6, 6.07) is 3.41. The number of methoxy groups -OCH3 is 3. The molecule has 0 saturated carbocycles. The van der Waals surface area contributed by atoms with E-state index >= 15 is 0 Å². The molecule has 0 bridgehead atoms. The Morgan fingerprint density at radius 3 is 2.00 bits per heavy atom. The standard InChI is InChI=1S/C11H15BrO4/c1-14-9-5-11(16-3)10(15-2)4-7(9)8(13)6-12/h4-5,8,13H,6H2,1-3H3. The molecule has 1 N–H and O–H groups in total. The van der Waals surface area contributed by atoms with E-state index in [9.17, 15) is 5.11 Å². The Balaban J connectivity index is 3.25. The SMILES string of the molecule is COc1cc(OC)c(C(O)CBr)cc1OC. The molecule has 1 aromatic carbocycles. The molecule has 0 fully saturated rings. The summed E-state index contributed by atoms with van der Waals surface area (Å²) in [5.41, 5.74) is 0.664. The molecule has 5 heteroatoms. The Morgan fingerprint density at radius 1 is 1.06 bits per heavy atom. The second-order valence-corrected chi connectivity index (χ2v) is 3.77. The van der Waals surface area contributed by atoms with Crippen molar-refractivity contribution in [2.24, 2.45) is 0 Å². The lowest BCUT2D eigenvalue weighted by Crippen LogP contribution is -2.03. The van der Waals surface area contributed by atoms with E-state index in [2.05, 4.69) is 15.9 Å². The van der Waals surface area contributed by atoms with E-state index in [0.717, 1.165) is 0 Å². The van der Waals surface area contributed by atoms with Crippen molar-refractivity contribution in [1.29, 1.82) is 0 Å². The minimum absolute atomic E-state index is 0.429. The van der Waals surface area contributed by atoms with Crippen molar-refractivity contribution >= 4 is 15.9 Å². The van der Waals surface area contributed by atoms with Crippen molar-refractivity contribution in [3.63, 3.8) is 0 Å². The Kier molecular flexibility index (Phi) is 4.89. The fraction of sp³-hybridized carbons (Fsp3) is 0.455. The fourth-order valence-corrected chi connectivity index (χ4v) is 1.75. The topological polar surface area (TPSA) is 47.9 Å². The second kappa shape index (κ2) is 5.96. The number of halogens is 1. The molecular weight excluding hydrogens is 276 g/mol. The number of aliphatic hydroxyl groups is 1. The van der Waals surface area contributed by atoms with Crippen LogP contribution in [0.15, 0.2) is 12.1 Å². The van der Waals surface area contributed by atoms with Gasteiger partial charge in [-0.15, -0.1) is 0 Å². The van der Waals surface area contributed by atoms with Crippen LogP contribution in [-0.2, 0) is 0 Å². The molecule has 0 aromatic heterocycles. The summed E-state index contributed by atoms with van der Waals surface area (Å²) in [5.74, 6) is 1.72. The molecule has 1 aromatic rings. The lowest BCUT2D eigenvalue weighted by atomic mass is 10.1. The molecule has 0 spiro atoms. The molecule has 0 saturated heterocycles. The van der Waals surface area contributed by atoms with Gasteiger partial charge >= 0.3 is 0 Å². The number of aliphatic hydroxyl groups excluding tert-OH is 1. The molecule has 1 rings (SSSR count). The molecule has 0 aliphatic rings. The van der Waals surface area contributed by atoms with Gasteiger partial charge in [0.2, 0.25) is 0 Å². The molecule has 90 valence electrons. The summed E-state index contributed by atoms with van der Waals surface area (Å²) in [5, 5.41) is 10.2. The molecule has 0 amide bonds. The normalized spacial score (nSPS) is 12.1. The van der Waals surface area contributed by atoms with Crippen LogP contribution in [0.4, 0.5) is 0 Å². The van der Waals surface area contributed by atoms with Crippen LogP contribution in [0.1, 0.15) is 11.7 Å². The van der Waals surface area contributed by atoms with Gasteiger partial charge in [-0.25, -0.2) is 0 Å². The number of rotatable bonds is 5. The van der Waals surface area contributed by atoms with Crippen molar-refractivity contribution in [2.45, 2.75) is 6.10 Å². The fourth-order valence-electron chi connectivity index (χ4n) is 1.40. The van der Waals surface area contributed by atoms with Crippen molar-refractivity contribution in [3.05, 3.63) is 17.7 Å². The molecule has 0 radical (unpaired) electrons. The number of alkyl halides is 1. The molecular formula is C11H15BrO4. The molecule has 0 aliphatic heterocycles. The van der Waals surface area contributed by atoms with Gasteiger partial charge in [-0.2, -0.15) is 0 Å². The maximum Gasteiger partial charge on any atom is 0.164 e. The zero-order valence-corrected chi connectivity index (χ0v) is 11.1. The van der Waals surface area contributed by atoms with E-state index < -0.39 is 6.10 Å². The average Bonchev–Trinajstić information content (AvgIpc) is 2.35. The highest BCUT2D eigenvalue weighted by Crippen LogP contribution is 2.37. The van der Waals surface area contributed by atoms with E-state index in [0.29, 0.717) is 28.1 Å². The molecule has 4 nitrogen and oxygen atoms in total. The highest BCUT2D eigenvalue weighted by molar-refractivity contribution is 9.09. The monoisotopic (exact) mass is 290 g/mol. The maximum atomic E-state index is 9.80. The van der Waals surface area contributed by atoms with Crippen LogP contribution in [0.2, 0.25) is 0 Å². The van der Waals surface area contributed by atoms with E-state index in [1.54, 1.807) is 33.5 Å². The molecule has 0 aliphatic carbocycles. The molecule has 0 heterocycles. The van der Waals surface area contributed by atoms with Gasteiger partial charge in [0.1, 0.15) is 5.75 Å². The first kappa shape index (κ1) is 13.1. The lowest BCUT2D eigenvalue weighted by molar-refractivity contribution is 0.199. The predicted molar refractivity (Wildman–Crippen MR) is 64.9 cm³/mol. The van der Waals surface area contributed by atoms with E-state index in [1.165, 1.54) is 0 Å². The van der Waals surface area contributed by atoms with Gasteiger partial charge in [-0.3, -0.25) is 0 Å². The second-order valence-electron chi connectivity index (χ2n) is 3.12. The Bertz CT molecular complexity index is 354. The Hall–Kier alpha value is -0.940. The van der Waals surface area contributed by atoms with E-state index in [-0.39, 0.29) is 0 Å². The molecule has 16 heavy (non-hydrogen) atoms. The third-order valence-electron chi connectivity index (χ3n) is 2.24. The summed E-state index contributed by atoms with van der Waals surface area (Å²) in [6.07, 6.45) is -0.644. The minimum atomic E-state index is -0.644. The minimum Gasteiger partial charge on any atom is -0.496 e. The summed E-state index contributed by atoms with van der Waals surface area (Å²) >= 11 is 3.22. The largest absolute Gasteiger partial charge is 0.496 e. The predicted octanol–water partition coefficient (Wildman–Crippen LogP) is 2.14. The van der Waals surface area contributed by atoms with Gasteiger partial charge in [0.05, 0.1) is 27.4 Å². The van der Waals surface area contributed by atoms with Crippen molar-refractivity contribution < 1.29 is 19.3 Å². The van der Waals surface area contributed by atoms with Crippen molar-refractivity contribution in [1.82, 2.24) is 0 Å². The third-order valence-corrected chi connectivity index (χ3v) is 2.85. The average molecular weight is 291 g/mol. The number of hydrogen-bond donors (Lipinski definition) is 1. The van der Waals surface area contributed by atoms with Gasteiger partial charge in [-0.1, -0.05) is 15.9 Å². The number of ether oxygens (including phenoxy) is 3. The number of hydrogen-bond acceptors (Lipinski definition) is 4. The maximum absolute atomic E-state index is 9.80. The first-order valence-corrected chi connectivity index (χ1v) is 5.84. The van der Waals surface area contributed by atoms with Crippen LogP contribution in [0.25, 0.3) is 0 Å². The van der Waals surface area contributed by atoms with Crippen molar-refractivity contribution in [3.8, 4) is 17.2 Å². The van der Waals surface area contributed by atoms with Crippen molar-refractivity contribution in [2.75, 3.05) is 26.7 Å². The zero-order valence-electron chi connectivity index (χ0n) is 9.49. The van der Waals surface area contributed by atoms with Gasteiger partial charge < -0.3 is 19.3 Å². The Labute approximate surface area is 103 Å². The van der Waals surface area contributed by atoms with Crippen LogP contribution in [0, 0.1) is 0 Å². The first-order valence-electron chi connectivity index (χ1n) is 4.71. The lowest BCUT2D eigenvalue weighted by Gasteiger charge is -2.16. The summed E-state index contributed by atoms with van der Waals surface area (Å²) in [6.45, 7) is 0. The van der Waals surface area contributed by atoms with Gasteiger partial charge in [0.15, 0.2) is 11.5 Å². The summed E-state index contributed by atoms with van der Waals surface area (Å²) in [7, 11) is 4.65.